The van der Waals surface area contributed by atoms with E-state index in [1.54, 1.807) is 0 Å². The molecule has 0 N–H and O–H groups in total. The average Bonchev–Trinajstić information content (AvgIpc) is 2.45. The Morgan fingerprint density at radius 3 is 1.53 bits per heavy atom. The molecule has 390 valence electrons. The maximum absolute atomic E-state index is 2.70. The van der Waals surface area contributed by atoms with Gasteiger partial charge >= 0.3 is 6.85 Å². The first-order valence-electron chi connectivity index (χ1n) is 28.4. The van der Waals surface area contributed by atoms with Crippen molar-refractivity contribution in [2.45, 2.75) is 131 Å². The van der Waals surface area contributed by atoms with Crippen LogP contribution in [0.25, 0.3) is 33.4 Å². The predicted molar refractivity (Wildman–Crippen MR) is 337 cm³/mol. The van der Waals surface area contributed by atoms with Crippen LogP contribution in [0.5, 0.6) is 0 Å². The van der Waals surface area contributed by atoms with E-state index in [9.17, 15) is 0 Å². The lowest BCUT2D eigenvalue weighted by molar-refractivity contribution is 0.590. The minimum absolute atomic E-state index is 0.00222. The Bertz CT molecular complexity index is 3740. The molecule has 0 saturated heterocycles. The highest BCUT2D eigenvalue weighted by Gasteiger charge is 2.50. The quantitative estimate of drug-likeness (QED) is 0.154. The molecule has 4 heteroatoms. The second-order valence-electron chi connectivity index (χ2n) is 27.2. The van der Waals surface area contributed by atoms with Crippen molar-refractivity contribution in [2.75, 3.05) is 14.6 Å². The fourth-order valence-corrected chi connectivity index (χ4v) is 12.9. The van der Waals surface area contributed by atoms with Crippen LogP contribution in [0.1, 0.15) is 136 Å². The van der Waals surface area contributed by atoms with E-state index in [0.717, 1.165) is 17.1 Å². The Hall–Kier alpha value is -7.56. The SMILES string of the molecule is Cc1cc2c3c(c1)N(c1ccc(C(C)(C)C)cc1-c1ccccc1)c1c(ccc4c1C(C)(C)c1ccccc1-4)B3N(c1ccc(C(C)(C)C)cc1)c1ccc(N(c3ccc(C(C)(C)C)cc3)c3ccc(C(C)(C)C)cc3)cc1-2. The molecule has 12 rings (SSSR count). The molecule has 0 amide bonds. The van der Waals surface area contributed by atoms with Gasteiger partial charge in [-0.15, -0.1) is 0 Å². The van der Waals surface area contributed by atoms with Gasteiger partial charge in [0.05, 0.1) is 5.69 Å². The molecule has 0 atom stereocenters. The number of rotatable bonds is 6. The summed E-state index contributed by atoms with van der Waals surface area (Å²) in [4.78, 5) is 7.85. The van der Waals surface area contributed by atoms with E-state index >= 15 is 0 Å². The fraction of sp³-hybridized carbons (Fsp3) is 0.270. The zero-order valence-corrected chi connectivity index (χ0v) is 48.8. The lowest BCUT2D eigenvalue weighted by atomic mass is 9.43. The predicted octanol–water partition coefficient (Wildman–Crippen LogP) is 19.3. The third-order valence-corrected chi connectivity index (χ3v) is 17.3. The summed E-state index contributed by atoms with van der Waals surface area (Å²) in [5.74, 6) is 0. The lowest BCUT2D eigenvalue weighted by Crippen LogP contribution is -2.62. The summed E-state index contributed by atoms with van der Waals surface area (Å²) in [6.45, 7) is 34.8. The van der Waals surface area contributed by atoms with E-state index in [1.807, 2.05) is 0 Å². The zero-order valence-electron chi connectivity index (χ0n) is 48.8. The van der Waals surface area contributed by atoms with Gasteiger partial charge in [0, 0.05) is 56.4 Å². The fourth-order valence-electron chi connectivity index (χ4n) is 12.9. The van der Waals surface area contributed by atoms with Gasteiger partial charge in [0.25, 0.3) is 0 Å². The molecule has 0 unspecified atom stereocenters. The summed E-state index contributed by atoms with van der Waals surface area (Å²) in [6, 6.07) is 72.7. The highest BCUT2D eigenvalue weighted by Crippen LogP contribution is 2.57. The highest BCUT2D eigenvalue weighted by molar-refractivity contribution is 6.93. The molecule has 2 heterocycles. The molecule has 0 aromatic heterocycles. The third kappa shape index (κ3) is 8.41. The molecule has 0 bridgehead atoms. The number of fused-ring (bicyclic) bond motifs is 8. The van der Waals surface area contributed by atoms with Crippen LogP contribution in [0.3, 0.4) is 0 Å². The molecule has 9 aromatic rings. The van der Waals surface area contributed by atoms with Gasteiger partial charge in [-0.1, -0.05) is 212 Å². The Labute approximate surface area is 466 Å². The summed E-state index contributed by atoms with van der Waals surface area (Å²) < 4.78 is 0. The second kappa shape index (κ2) is 18.0. The molecule has 9 aromatic carbocycles. The van der Waals surface area contributed by atoms with E-state index in [0.29, 0.717) is 0 Å². The van der Waals surface area contributed by atoms with Crippen LogP contribution < -0.4 is 25.5 Å². The van der Waals surface area contributed by atoms with Crippen LogP contribution in [-0.4, -0.2) is 6.85 Å². The Balaban J connectivity index is 1.18. The normalized spacial score (nSPS) is 14.4. The van der Waals surface area contributed by atoms with Gasteiger partial charge in [-0.25, -0.2) is 0 Å². The smallest absolute Gasteiger partial charge is 0.333 e. The summed E-state index contributed by atoms with van der Waals surface area (Å²) in [6.07, 6.45) is 0. The van der Waals surface area contributed by atoms with Crippen LogP contribution in [0.2, 0.25) is 0 Å². The van der Waals surface area contributed by atoms with Crippen molar-refractivity contribution in [2.24, 2.45) is 0 Å². The monoisotopic (exact) mass is 1020 g/mol. The van der Waals surface area contributed by atoms with E-state index in [1.165, 1.54) is 112 Å². The first kappa shape index (κ1) is 51.2. The summed E-state index contributed by atoms with van der Waals surface area (Å²) in [5, 5.41) is 0. The molecular weight excluding hydrogens is 942 g/mol. The molecular formula is C74H76BN3. The minimum Gasteiger partial charge on any atom is -0.376 e. The highest BCUT2D eigenvalue weighted by atomic mass is 15.2. The van der Waals surface area contributed by atoms with Crippen LogP contribution in [0, 0.1) is 6.92 Å². The van der Waals surface area contributed by atoms with Crippen LogP contribution in [0.4, 0.5) is 45.5 Å². The molecule has 3 nitrogen and oxygen atoms in total. The van der Waals surface area contributed by atoms with Crippen molar-refractivity contribution in [3.05, 3.63) is 227 Å². The average molecular weight is 1020 g/mol. The summed E-state index contributed by atoms with van der Waals surface area (Å²) >= 11 is 0. The number of nitrogens with zero attached hydrogens (tertiary/aromatic N) is 3. The maximum Gasteiger partial charge on any atom is 0.333 e. The number of hydrogen-bond acceptors (Lipinski definition) is 3. The first-order chi connectivity index (χ1) is 36.9. The van der Waals surface area contributed by atoms with Crippen LogP contribution >= 0.6 is 0 Å². The van der Waals surface area contributed by atoms with Crippen molar-refractivity contribution in [3.63, 3.8) is 0 Å². The molecule has 0 fully saturated rings. The Morgan fingerprint density at radius 2 is 0.936 bits per heavy atom. The van der Waals surface area contributed by atoms with E-state index in [4.69, 9.17) is 0 Å². The standard InChI is InChI=1S/C74H76BN3/c1-47-43-61-60-46-56(76(53-32-25-49(26-33-53)70(2,3)4)54-34-27-50(28-35-54)71(5,6)7)38-42-65(60)78(55-36-29-51(30-37-55)72(8,9)10)75-63-40-39-58-57-23-19-20-24-62(57)74(14,15)67(58)69(63)77(66(44-47)68(61)75)64-41-31-52(73(11,12)13)45-59(64)48-21-17-16-18-22-48/h16-46H,1-15H3. The topological polar surface area (TPSA) is 9.72 Å². The number of hydrogen-bond donors (Lipinski definition) is 0. The molecule has 0 spiro atoms. The van der Waals surface area contributed by atoms with Gasteiger partial charge in [0.2, 0.25) is 0 Å². The molecule has 2 aliphatic heterocycles. The van der Waals surface area contributed by atoms with E-state index < -0.39 is 0 Å². The van der Waals surface area contributed by atoms with Gasteiger partial charge in [-0.2, -0.15) is 0 Å². The van der Waals surface area contributed by atoms with Crippen molar-refractivity contribution < 1.29 is 0 Å². The largest absolute Gasteiger partial charge is 0.376 e. The zero-order chi connectivity index (χ0) is 55.0. The van der Waals surface area contributed by atoms with Crippen molar-refractivity contribution in [3.8, 4) is 33.4 Å². The summed E-state index contributed by atoms with van der Waals surface area (Å²) in [5.41, 5.74) is 28.6. The van der Waals surface area contributed by atoms with Crippen molar-refractivity contribution in [1.29, 1.82) is 0 Å². The lowest BCUT2D eigenvalue weighted by Gasteiger charge is -2.48. The number of aryl methyl sites for hydroxylation is 1. The maximum atomic E-state index is 2.70. The Kier molecular flexibility index (Phi) is 11.8. The van der Waals surface area contributed by atoms with Crippen LogP contribution in [-0.2, 0) is 27.1 Å². The van der Waals surface area contributed by atoms with Gasteiger partial charge < -0.3 is 14.6 Å². The molecule has 0 radical (unpaired) electrons. The van der Waals surface area contributed by atoms with Gasteiger partial charge in [0.1, 0.15) is 0 Å². The summed E-state index contributed by atoms with van der Waals surface area (Å²) in [7, 11) is 0. The molecule has 1 aliphatic carbocycles. The van der Waals surface area contributed by atoms with E-state index in [2.05, 4.69) is 307 Å². The first-order valence-corrected chi connectivity index (χ1v) is 28.4. The van der Waals surface area contributed by atoms with E-state index in [-0.39, 0.29) is 33.9 Å². The third-order valence-electron chi connectivity index (χ3n) is 17.3. The molecule has 0 saturated carbocycles. The van der Waals surface area contributed by atoms with Crippen molar-refractivity contribution >= 4 is 63.3 Å². The van der Waals surface area contributed by atoms with Crippen molar-refractivity contribution in [1.82, 2.24) is 0 Å². The minimum atomic E-state index is -0.293. The van der Waals surface area contributed by atoms with Gasteiger partial charge in [0.15, 0.2) is 0 Å². The number of benzene rings is 9. The second-order valence-corrected chi connectivity index (χ2v) is 27.2. The molecule has 78 heavy (non-hydrogen) atoms. The number of anilines is 8. The van der Waals surface area contributed by atoms with Gasteiger partial charge in [-0.05, 0) is 174 Å². The Morgan fingerprint density at radius 1 is 0.410 bits per heavy atom. The van der Waals surface area contributed by atoms with Crippen LogP contribution in [0.15, 0.2) is 188 Å². The van der Waals surface area contributed by atoms with Gasteiger partial charge in [-0.3, -0.25) is 0 Å². The molecule has 3 aliphatic rings.